The van der Waals surface area contributed by atoms with Crippen molar-refractivity contribution in [3.8, 4) is 0 Å². The minimum absolute atomic E-state index is 0.117. The van der Waals surface area contributed by atoms with Crippen molar-refractivity contribution >= 4 is 17.7 Å². The predicted octanol–water partition coefficient (Wildman–Crippen LogP) is 2.33. The highest BCUT2D eigenvalue weighted by atomic mass is 32.2. The van der Waals surface area contributed by atoms with Crippen molar-refractivity contribution in [1.82, 2.24) is 5.32 Å². The first-order valence-electron chi connectivity index (χ1n) is 7.25. The summed E-state index contributed by atoms with van der Waals surface area (Å²) >= 11 is 1.77. The van der Waals surface area contributed by atoms with Crippen molar-refractivity contribution in [3.05, 3.63) is 0 Å². The third-order valence-corrected chi connectivity index (χ3v) is 5.44. The van der Waals surface area contributed by atoms with Gasteiger partial charge in [0.25, 0.3) is 0 Å². The fourth-order valence-electron chi connectivity index (χ4n) is 2.90. The third-order valence-electron chi connectivity index (χ3n) is 4.20. The Bertz CT molecular complexity index is 271. The van der Waals surface area contributed by atoms with Gasteiger partial charge < -0.3 is 10.4 Å². The monoisotopic (exact) mass is 271 g/mol. The van der Waals surface area contributed by atoms with E-state index in [-0.39, 0.29) is 5.91 Å². The van der Waals surface area contributed by atoms with Crippen LogP contribution in [0.15, 0.2) is 0 Å². The molecule has 18 heavy (non-hydrogen) atoms. The number of hydrogen-bond acceptors (Lipinski definition) is 3. The number of thioether (sulfide) groups is 1. The zero-order valence-electron chi connectivity index (χ0n) is 11.1. The zero-order chi connectivity index (χ0) is 12.8. The van der Waals surface area contributed by atoms with Crippen LogP contribution >= 0.6 is 11.8 Å². The number of carbonyl (C=O) groups is 1. The molecule has 1 heterocycles. The van der Waals surface area contributed by atoms with E-state index in [0.29, 0.717) is 13.0 Å². The van der Waals surface area contributed by atoms with Crippen LogP contribution in [0.4, 0.5) is 0 Å². The highest BCUT2D eigenvalue weighted by molar-refractivity contribution is 7.99. The second-order valence-corrected chi connectivity index (χ2v) is 6.95. The van der Waals surface area contributed by atoms with Crippen LogP contribution in [-0.2, 0) is 4.79 Å². The molecule has 1 unspecified atom stereocenters. The summed E-state index contributed by atoms with van der Waals surface area (Å²) in [5, 5.41) is 13.0. The minimum Gasteiger partial charge on any atom is -0.387 e. The molecule has 104 valence electrons. The molecular weight excluding hydrogens is 246 g/mol. The first-order valence-corrected chi connectivity index (χ1v) is 8.40. The summed E-state index contributed by atoms with van der Waals surface area (Å²) in [6.45, 7) is 0.434. The van der Waals surface area contributed by atoms with Crippen molar-refractivity contribution in [3.63, 3.8) is 0 Å². The Morgan fingerprint density at radius 3 is 2.78 bits per heavy atom. The number of carbonyl (C=O) groups excluding carboxylic acids is 1. The molecule has 1 amide bonds. The molecule has 2 N–H and O–H groups in total. The topological polar surface area (TPSA) is 49.3 Å². The van der Waals surface area contributed by atoms with E-state index in [4.69, 9.17) is 0 Å². The van der Waals surface area contributed by atoms with Gasteiger partial charge in [-0.05, 0) is 24.5 Å². The molecule has 2 aliphatic rings. The lowest BCUT2D eigenvalue weighted by Gasteiger charge is -2.23. The number of amides is 1. The average Bonchev–Trinajstić information content (AvgIpc) is 2.83. The van der Waals surface area contributed by atoms with Gasteiger partial charge in [-0.25, -0.2) is 0 Å². The van der Waals surface area contributed by atoms with Crippen LogP contribution in [0, 0.1) is 5.92 Å². The van der Waals surface area contributed by atoms with Crippen molar-refractivity contribution < 1.29 is 9.90 Å². The van der Waals surface area contributed by atoms with Gasteiger partial charge in [0.2, 0.25) is 5.91 Å². The van der Waals surface area contributed by atoms with E-state index < -0.39 is 5.60 Å². The molecule has 0 aromatic rings. The maximum Gasteiger partial charge on any atom is 0.220 e. The van der Waals surface area contributed by atoms with Crippen LogP contribution in [0.3, 0.4) is 0 Å². The fourth-order valence-corrected chi connectivity index (χ4v) is 4.19. The van der Waals surface area contributed by atoms with Gasteiger partial charge in [0.1, 0.15) is 0 Å². The normalized spacial score (nSPS) is 29.4. The molecule has 1 atom stereocenters. The second kappa shape index (κ2) is 6.80. The maximum absolute atomic E-state index is 11.8. The van der Waals surface area contributed by atoms with Gasteiger partial charge in [0.05, 0.1) is 5.60 Å². The SMILES string of the molecule is O=C(CCC1CCCCC1)NCC1(O)CCSC1. The quantitative estimate of drug-likeness (QED) is 0.807. The van der Waals surface area contributed by atoms with E-state index in [1.165, 1.54) is 32.1 Å². The summed E-state index contributed by atoms with van der Waals surface area (Å²) in [5.41, 5.74) is -0.648. The maximum atomic E-state index is 11.8. The van der Waals surface area contributed by atoms with E-state index in [0.717, 1.165) is 30.3 Å². The van der Waals surface area contributed by atoms with Gasteiger partial charge in [0.15, 0.2) is 0 Å². The molecule has 1 saturated heterocycles. The highest BCUT2D eigenvalue weighted by Gasteiger charge is 2.31. The van der Waals surface area contributed by atoms with E-state index in [9.17, 15) is 9.90 Å². The van der Waals surface area contributed by atoms with Crippen molar-refractivity contribution in [2.24, 2.45) is 5.92 Å². The zero-order valence-corrected chi connectivity index (χ0v) is 11.9. The summed E-state index contributed by atoms with van der Waals surface area (Å²) in [6.07, 6.45) is 9.11. The largest absolute Gasteiger partial charge is 0.387 e. The van der Waals surface area contributed by atoms with Gasteiger partial charge in [0, 0.05) is 18.7 Å². The molecule has 3 nitrogen and oxygen atoms in total. The predicted molar refractivity (Wildman–Crippen MR) is 75.7 cm³/mol. The molecule has 0 spiro atoms. The van der Waals surface area contributed by atoms with Crippen LogP contribution < -0.4 is 5.32 Å². The van der Waals surface area contributed by atoms with Crippen molar-refractivity contribution in [2.45, 2.75) is 57.0 Å². The van der Waals surface area contributed by atoms with Crippen LogP contribution in [0.2, 0.25) is 0 Å². The first-order chi connectivity index (χ1) is 8.68. The Morgan fingerprint density at radius 2 is 2.11 bits per heavy atom. The highest BCUT2D eigenvalue weighted by Crippen LogP contribution is 2.28. The van der Waals surface area contributed by atoms with Crippen molar-refractivity contribution in [2.75, 3.05) is 18.1 Å². The molecule has 0 aromatic carbocycles. The number of rotatable bonds is 5. The fraction of sp³-hybridized carbons (Fsp3) is 0.929. The Labute approximate surface area is 114 Å². The van der Waals surface area contributed by atoms with Gasteiger partial charge in [-0.15, -0.1) is 0 Å². The summed E-state index contributed by atoms with van der Waals surface area (Å²) in [6, 6.07) is 0. The minimum atomic E-state index is -0.648. The van der Waals surface area contributed by atoms with E-state index in [1.807, 2.05) is 0 Å². The van der Waals surface area contributed by atoms with Gasteiger partial charge in [-0.3, -0.25) is 4.79 Å². The lowest BCUT2D eigenvalue weighted by Crippen LogP contribution is -2.43. The molecule has 1 saturated carbocycles. The molecule has 1 aliphatic carbocycles. The standard InChI is InChI=1S/C14H25NO2S/c16-13(7-6-12-4-2-1-3-5-12)15-10-14(17)8-9-18-11-14/h12,17H,1-11H2,(H,15,16). The Kier molecular flexibility index (Phi) is 5.37. The van der Waals surface area contributed by atoms with Gasteiger partial charge in [-0.2, -0.15) is 11.8 Å². The average molecular weight is 271 g/mol. The van der Waals surface area contributed by atoms with E-state index in [1.54, 1.807) is 11.8 Å². The van der Waals surface area contributed by atoms with Crippen LogP contribution in [0.5, 0.6) is 0 Å². The van der Waals surface area contributed by atoms with E-state index in [2.05, 4.69) is 5.32 Å². The molecule has 2 fully saturated rings. The molecule has 0 bridgehead atoms. The third kappa shape index (κ3) is 4.47. The molecule has 1 aliphatic heterocycles. The van der Waals surface area contributed by atoms with Crippen LogP contribution in [0.25, 0.3) is 0 Å². The summed E-state index contributed by atoms with van der Waals surface area (Å²) in [7, 11) is 0. The first kappa shape index (κ1) is 14.2. The van der Waals surface area contributed by atoms with Gasteiger partial charge >= 0.3 is 0 Å². The van der Waals surface area contributed by atoms with Crippen LogP contribution in [-0.4, -0.2) is 34.7 Å². The number of nitrogens with one attached hydrogen (secondary N) is 1. The van der Waals surface area contributed by atoms with Gasteiger partial charge in [-0.1, -0.05) is 32.1 Å². The van der Waals surface area contributed by atoms with Crippen LogP contribution in [0.1, 0.15) is 51.4 Å². The lowest BCUT2D eigenvalue weighted by atomic mass is 9.86. The number of aliphatic hydroxyl groups is 1. The molecule has 0 aromatic heterocycles. The lowest BCUT2D eigenvalue weighted by molar-refractivity contribution is -0.122. The molecule has 2 rings (SSSR count). The Hall–Kier alpha value is -0.220. The summed E-state index contributed by atoms with van der Waals surface area (Å²) < 4.78 is 0. The second-order valence-electron chi connectivity index (χ2n) is 5.85. The Balaban J connectivity index is 1.59. The summed E-state index contributed by atoms with van der Waals surface area (Å²) in [5.74, 6) is 2.64. The molecule has 4 heteroatoms. The van der Waals surface area contributed by atoms with E-state index >= 15 is 0 Å². The smallest absolute Gasteiger partial charge is 0.220 e. The summed E-state index contributed by atoms with van der Waals surface area (Å²) in [4.78, 5) is 11.8. The Morgan fingerprint density at radius 1 is 1.33 bits per heavy atom. The van der Waals surface area contributed by atoms with Crippen molar-refractivity contribution in [1.29, 1.82) is 0 Å². The molecule has 0 radical (unpaired) electrons. The molecular formula is C14H25NO2S. The number of hydrogen-bond donors (Lipinski definition) is 2.